The third-order valence-corrected chi connectivity index (χ3v) is 4.91. The fourth-order valence-corrected chi connectivity index (χ4v) is 3.65. The molecule has 2 heterocycles. The van der Waals surface area contributed by atoms with Crippen molar-refractivity contribution in [3.8, 4) is 0 Å². The Morgan fingerprint density at radius 2 is 1.88 bits per heavy atom. The Labute approximate surface area is 150 Å². The van der Waals surface area contributed by atoms with Gasteiger partial charge < -0.3 is 9.64 Å². The summed E-state index contributed by atoms with van der Waals surface area (Å²) in [5.41, 5.74) is 3.03. The van der Waals surface area contributed by atoms with Gasteiger partial charge in [0.15, 0.2) is 11.9 Å². The molecule has 1 amide bonds. The van der Waals surface area contributed by atoms with Crippen LogP contribution in [-0.2, 0) is 20.7 Å². The van der Waals surface area contributed by atoms with Gasteiger partial charge in [0.1, 0.15) is 5.82 Å². The first kappa shape index (κ1) is 16.5. The maximum Gasteiger partial charge on any atom is 0.264 e. The van der Waals surface area contributed by atoms with E-state index in [-0.39, 0.29) is 30.0 Å². The molecule has 0 N–H and O–H groups in total. The number of carbonyl (C=O) groups is 2. The maximum absolute atomic E-state index is 13.4. The van der Waals surface area contributed by atoms with Crippen LogP contribution in [0.3, 0.4) is 0 Å². The number of nitrogens with zero attached hydrogens (tertiary/aromatic N) is 1. The first-order valence-corrected chi connectivity index (χ1v) is 8.62. The lowest BCUT2D eigenvalue weighted by Crippen LogP contribution is -2.47. The predicted molar refractivity (Wildman–Crippen MR) is 93.7 cm³/mol. The summed E-state index contributed by atoms with van der Waals surface area (Å²) in [5, 5.41) is 0. The molecule has 0 spiro atoms. The predicted octanol–water partition coefficient (Wildman–Crippen LogP) is 3.17. The lowest BCUT2D eigenvalue weighted by molar-refractivity contribution is -0.145. The van der Waals surface area contributed by atoms with Crippen molar-refractivity contribution in [1.82, 2.24) is 4.90 Å². The normalized spacial score (nSPS) is 21.9. The number of halogens is 1. The Morgan fingerprint density at radius 3 is 2.65 bits per heavy atom. The number of ether oxygens (including phenoxy) is 1. The molecule has 0 unspecified atom stereocenters. The topological polar surface area (TPSA) is 46.6 Å². The lowest BCUT2D eigenvalue weighted by atomic mass is 9.87. The van der Waals surface area contributed by atoms with E-state index in [9.17, 15) is 14.0 Å². The summed E-state index contributed by atoms with van der Waals surface area (Å²) in [5.74, 6) is -0.654. The number of carbonyl (C=O) groups excluding carboxylic acids is 2. The van der Waals surface area contributed by atoms with Crippen LogP contribution < -0.4 is 0 Å². The number of rotatable bonds is 2. The van der Waals surface area contributed by atoms with Crippen LogP contribution in [0, 0.1) is 5.82 Å². The first-order chi connectivity index (χ1) is 12.6. The Morgan fingerprint density at radius 1 is 1.12 bits per heavy atom. The number of allylic oxidation sites excluding steroid dienone is 1. The number of hydrogen-bond donors (Lipinski definition) is 0. The van der Waals surface area contributed by atoms with Crippen molar-refractivity contribution in [2.24, 2.45) is 0 Å². The van der Waals surface area contributed by atoms with Crippen molar-refractivity contribution < 1.29 is 18.7 Å². The van der Waals surface area contributed by atoms with E-state index in [4.69, 9.17) is 4.74 Å². The van der Waals surface area contributed by atoms with Crippen molar-refractivity contribution in [2.45, 2.75) is 25.0 Å². The van der Waals surface area contributed by atoms with E-state index in [0.717, 1.165) is 17.5 Å². The second kappa shape index (κ2) is 6.75. The molecule has 0 fully saturated rings. The largest absolute Gasteiger partial charge is 0.488 e. The minimum Gasteiger partial charge on any atom is -0.488 e. The van der Waals surface area contributed by atoms with Crippen LogP contribution in [0.4, 0.5) is 4.39 Å². The number of hydrogen-bond acceptors (Lipinski definition) is 3. The minimum atomic E-state index is -0.805. The maximum atomic E-state index is 13.4. The Hall–Kier alpha value is -2.95. The van der Waals surface area contributed by atoms with Gasteiger partial charge in [0.05, 0.1) is 18.7 Å². The molecule has 0 aromatic heterocycles. The van der Waals surface area contributed by atoms with Crippen molar-refractivity contribution in [1.29, 1.82) is 0 Å². The van der Waals surface area contributed by atoms with Gasteiger partial charge in [0.2, 0.25) is 0 Å². The van der Waals surface area contributed by atoms with Crippen LogP contribution in [0.2, 0.25) is 0 Å². The molecule has 5 heteroatoms. The first-order valence-electron chi connectivity index (χ1n) is 8.62. The van der Waals surface area contributed by atoms with Gasteiger partial charge in [0, 0.05) is 12.6 Å². The number of fused-ring (bicyclic) bond motifs is 1. The van der Waals surface area contributed by atoms with Gasteiger partial charge in [-0.3, -0.25) is 9.59 Å². The van der Waals surface area contributed by atoms with Crippen molar-refractivity contribution >= 4 is 11.7 Å². The van der Waals surface area contributed by atoms with Crippen LogP contribution in [0.25, 0.3) is 0 Å². The van der Waals surface area contributed by atoms with Crippen molar-refractivity contribution in [3.05, 3.63) is 83.4 Å². The number of ketones is 1. The molecule has 0 saturated carbocycles. The molecule has 0 bridgehead atoms. The summed E-state index contributed by atoms with van der Waals surface area (Å²) in [6, 6.07) is 13.9. The Kier molecular flexibility index (Phi) is 4.29. The fourth-order valence-electron chi connectivity index (χ4n) is 3.65. The van der Waals surface area contributed by atoms with Crippen LogP contribution in [0.1, 0.15) is 29.2 Å². The van der Waals surface area contributed by atoms with Crippen LogP contribution >= 0.6 is 0 Å². The van der Waals surface area contributed by atoms with Gasteiger partial charge in [-0.15, -0.1) is 0 Å². The average Bonchev–Trinajstić information content (AvgIpc) is 2.67. The summed E-state index contributed by atoms with van der Waals surface area (Å²) in [6.07, 6.45) is 2.60. The molecule has 2 aliphatic rings. The van der Waals surface area contributed by atoms with Crippen molar-refractivity contribution in [2.75, 3.05) is 6.54 Å². The van der Waals surface area contributed by atoms with E-state index in [0.29, 0.717) is 6.54 Å². The van der Waals surface area contributed by atoms with Gasteiger partial charge in [-0.25, -0.2) is 4.39 Å². The summed E-state index contributed by atoms with van der Waals surface area (Å²) >= 11 is 0. The van der Waals surface area contributed by atoms with Crippen LogP contribution in [0.15, 0.2) is 60.9 Å². The third kappa shape index (κ3) is 3.01. The Bertz CT molecular complexity index is 875. The molecular weight excluding hydrogens is 333 g/mol. The van der Waals surface area contributed by atoms with E-state index in [1.54, 1.807) is 17.0 Å². The zero-order chi connectivity index (χ0) is 18.1. The molecular formula is C21H18FNO3. The summed E-state index contributed by atoms with van der Waals surface area (Å²) in [6.45, 7) is 0.523. The van der Waals surface area contributed by atoms with E-state index >= 15 is 0 Å². The quantitative estimate of drug-likeness (QED) is 0.835. The molecule has 2 aromatic carbocycles. The van der Waals surface area contributed by atoms with Gasteiger partial charge in [-0.1, -0.05) is 36.4 Å². The molecule has 132 valence electrons. The summed E-state index contributed by atoms with van der Waals surface area (Å²) in [7, 11) is 0. The van der Waals surface area contributed by atoms with Gasteiger partial charge in [0.25, 0.3) is 5.91 Å². The zero-order valence-corrected chi connectivity index (χ0v) is 14.1. The standard InChI is InChI=1S/C21H18FNO3/c22-16-7-5-15(6-8-16)20-18-4-2-1-3-14(18)9-11-23(20)21(25)19-13-17(24)10-12-26-19/h1-8,10,12,19-20H,9,11,13H2/t19-,20+/m1/s1. The second-order valence-corrected chi connectivity index (χ2v) is 6.53. The number of amides is 1. The van der Waals surface area contributed by atoms with E-state index in [1.165, 1.54) is 30.0 Å². The zero-order valence-electron chi connectivity index (χ0n) is 14.1. The molecule has 2 atom stereocenters. The van der Waals surface area contributed by atoms with E-state index < -0.39 is 6.10 Å². The second-order valence-electron chi connectivity index (χ2n) is 6.53. The Balaban J connectivity index is 1.73. The average molecular weight is 351 g/mol. The molecule has 0 aliphatic carbocycles. The van der Waals surface area contributed by atoms with Crippen molar-refractivity contribution in [3.63, 3.8) is 0 Å². The highest BCUT2D eigenvalue weighted by atomic mass is 19.1. The lowest BCUT2D eigenvalue weighted by Gasteiger charge is -2.39. The highest BCUT2D eigenvalue weighted by molar-refractivity contribution is 5.95. The summed E-state index contributed by atoms with van der Waals surface area (Å²) < 4.78 is 18.8. The molecule has 2 aliphatic heterocycles. The van der Waals surface area contributed by atoms with Gasteiger partial charge in [-0.05, 0) is 35.2 Å². The van der Waals surface area contributed by atoms with Gasteiger partial charge >= 0.3 is 0 Å². The monoisotopic (exact) mass is 351 g/mol. The highest BCUT2D eigenvalue weighted by Gasteiger charge is 2.37. The molecule has 26 heavy (non-hydrogen) atoms. The fraction of sp³-hybridized carbons (Fsp3) is 0.238. The molecule has 0 radical (unpaired) electrons. The molecule has 4 nitrogen and oxygen atoms in total. The summed E-state index contributed by atoms with van der Waals surface area (Å²) in [4.78, 5) is 26.5. The minimum absolute atomic E-state index is 0.0453. The van der Waals surface area contributed by atoms with Crippen LogP contribution in [-0.4, -0.2) is 29.2 Å². The molecule has 4 rings (SSSR count). The number of benzene rings is 2. The SMILES string of the molecule is O=C1C=CO[C@@H](C(=O)N2CCc3ccccc3[C@@H]2c2ccc(F)cc2)C1. The highest BCUT2D eigenvalue weighted by Crippen LogP contribution is 2.36. The third-order valence-electron chi connectivity index (χ3n) is 4.91. The molecule has 2 aromatic rings. The van der Waals surface area contributed by atoms with E-state index in [2.05, 4.69) is 6.07 Å². The smallest absolute Gasteiger partial charge is 0.264 e. The van der Waals surface area contributed by atoms with E-state index in [1.807, 2.05) is 18.2 Å². The van der Waals surface area contributed by atoms with Crippen LogP contribution in [0.5, 0.6) is 0 Å². The molecule has 0 saturated heterocycles. The van der Waals surface area contributed by atoms with Gasteiger partial charge in [-0.2, -0.15) is 0 Å².